The molecule has 0 aliphatic heterocycles. The molecular formula is C10H19ClN6OS. The average molecular weight is 307 g/mol. The van der Waals surface area contributed by atoms with Gasteiger partial charge in [0.15, 0.2) is 5.96 Å². The number of aryl methyl sites for hydroxylation is 1. The molecule has 9 heteroatoms. The molecule has 2 amide bonds. The highest BCUT2D eigenvalue weighted by Gasteiger charge is 2.02. The molecule has 108 valence electrons. The van der Waals surface area contributed by atoms with Crippen molar-refractivity contribution in [2.45, 2.75) is 12.7 Å². The van der Waals surface area contributed by atoms with Crippen LogP contribution >= 0.6 is 24.2 Å². The van der Waals surface area contributed by atoms with Crippen LogP contribution in [0.5, 0.6) is 0 Å². The molecule has 0 radical (unpaired) electrons. The van der Waals surface area contributed by atoms with E-state index in [1.54, 1.807) is 25.1 Å². The van der Waals surface area contributed by atoms with Gasteiger partial charge in [-0.15, -0.1) is 12.4 Å². The Morgan fingerprint density at radius 3 is 2.89 bits per heavy atom. The SMILES string of the molecule is CN=C(NCCSCc1nc[nH]c1C)NC(N)=O.Cl. The monoisotopic (exact) mass is 306 g/mol. The Balaban J connectivity index is 0.00000324. The number of aromatic nitrogens is 2. The van der Waals surface area contributed by atoms with Crippen molar-refractivity contribution < 1.29 is 4.79 Å². The number of imidazole rings is 1. The molecule has 1 aromatic heterocycles. The van der Waals surface area contributed by atoms with Crippen LogP contribution in [0.2, 0.25) is 0 Å². The largest absolute Gasteiger partial charge is 0.355 e. The molecule has 0 aliphatic rings. The van der Waals surface area contributed by atoms with Gasteiger partial charge in [0, 0.05) is 30.8 Å². The molecule has 0 atom stereocenters. The maximum atomic E-state index is 10.6. The van der Waals surface area contributed by atoms with Crippen molar-refractivity contribution in [2.75, 3.05) is 19.3 Å². The Morgan fingerprint density at radius 2 is 2.37 bits per heavy atom. The van der Waals surface area contributed by atoms with Gasteiger partial charge < -0.3 is 16.0 Å². The predicted octanol–water partition coefficient (Wildman–Crippen LogP) is 0.617. The molecule has 0 bridgehead atoms. The van der Waals surface area contributed by atoms with Crippen molar-refractivity contribution in [1.29, 1.82) is 0 Å². The summed E-state index contributed by atoms with van der Waals surface area (Å²) in [4.78, 5) is 21.7. The molecule has 0 unspecified atom stereocenters. The number of primary amides is 1. The van der Waals surface area contributed by atoms with Crippen LogP contribution in [0, 0.1) is 6.92 Å². The number of rotatable bonds is 5. The predicted molar refractivity (Wildman–Crippen MR) is 80.8 cm³/mol. The minimum Gasteiger partial charge on any atom is -0.355 e. The summed E-state index contributed by atoms with van der Waals surface area (Å²) in [6.45, 7) is 2.70. The quantitative estimate of drug-likeness (QED) is 0.363. The third-order valence-corrected chi connectivity index (χ3v) is 3.15. The van der Waals surface area contributed by atoms with Crippen LogP contribution in [0.4, 0.5) is 4.79 Å². The first-order valence-corrected chi connectivity index (χ1v) is 6.62. The van der Waals surface area contributed by atoms with Gasteiger partial charge in [-0.1, -0.05) is 0 Å². The molecule has 1 rings (SSSR count). The van der Waals surface area contributed by atoms with Crippen LogP contribution in [0.25, 0.3) is 0 Å². The summed E-state index contributed by atoms with van der Waals surface area (Å²) in [6, 6.07) is -0.622. The lowest BCUT2D eigenvalue weighted by molar-refractivity contribution is 0.253. The number of aromatic amines is 1. The molecule has 0 saturated heterocycles. The van der Waals surface area contributed by atoms with E-state index in [0.717, 1.165) is 22.9 Å². The number of nitrogens with one attached hydrogen (secondary N) is 3. The van der Waals surface area contributed by atoms with Crippen LogP contribution in [0.1, 0.15) is 11.4 Å². The number of hydrogen-bond donors (Lipinski definition) is 4. The van der Waals surface area contributed by atoms with Crippen LogP contribution in [-0.4, -0.2) is 41.3 Å². The smallest absolute Gasteiger partial charge is 0.318 e. The van der Waals surface area contributed by atoms with Crippen molar-refractivity contribution in [3.05, 3.63) is 17.7 Å². The number of nitrogens with two attached hydrogens (primary N) is 1. The number of carbonyl (C=O) groups excluding carboxylic acids is 1. The van der Waals surface area contributed by atoms with Crippen LogP contribution in [0.3, 0.4) is 0 Å². The second-order valence-corrected chi connectivity index (χ2v) is 4.62. The minimum absolute atomic E-state index is 0. The van der Waals surface area contributed by atoms with Crippen LogP contribution < -0.4 is 16.4 Å². The molecule has 0 spiro atoms. The Hall–Kier alpha value is -1.41. The molecule has 1 heterocycles. The Labute approximate surface area is 122 Å². The zero-order valence-electron chi connectivity index (χ0n) is 10.9. The molecule has 1 aromatic rings. The Morgan fingerprint density at radius 1 is 1.63 bits per heavy atom. The highest BCUT2D eigenvalue weighted by Crippen LogP contribution is 2.11. The topological polar surface area (TPSA) is 108 Å². The summed E-state index contributed by atoms with van der Waals surface area (Å²) >= 11 is 1.75. The van der Waals surface area contributed by atoms with E-state index in [1.165, 1.54) is 0 Å². The summed E-state index contributed by atoms with van der Waals surface area (Å²) in [6.07, 6.45) is 1.70. The fraction of sp³-hybridized carbons (Fsp3) is 0.500. The van der Waals surface area contributed by atoms with Crippen molar-refractivity contribution in [2.24, 2.45) is 10.7 Å². The van der Waals surface area contributed by atoms with Gasteiger partial charge in [-0.05, 0) is 6.92 Å². The molecule has 7 nitrogen and oxygen atoms in total. The first-order chi connectivity index (χ1) is 8.63. The fourth-order valence-electron chi connectivity index (χ4n) is 1.24. The van der Waals surface area contributed by atoms with Crippen LogP contribution in [-0.2, 0) is 5.75 Å². The normalized spacial score (nSPS) is 10.7. The van der Waals surface area contributed by atoms with E-state index in [-0.39, 0.29) is 12.4 Å². The Bertz CT molecular complexity index is 422. The molecule has 0 aliphatic carbocycles. The Kier molecular flexibility index (Phi) is 8.81. The van der Waals surface area contributed by atoms with Gasteiger partial charge in [0.2, 0.25) is 0 Å². The van der Waals surface area contributed by atoms with Crippen molar-refractivity contribution in [3.63, 3.8) is 0 Å². The maximum Gasteiger partial charge on any atom is 0.318 e. The molecule has 5 N–H and O–H groups in total. The highest BCUT2D eigenvalue weighted by molar-refractivity contribution is 7.98. The summed E-state index contributed by atoms with van der Waals surface area (Å²) in [5, 5.41) is 5.38. The first-order valence-electron chi connectivity index (χ1n) is 5.47. The van der Waals surface area contributed by atoms with Gasteiger partial charge in [-0.2, -0.15) is 11.8 Å². The lowest BCUT2D eigenvalue weighted by Gasteiger charge is -2.08. The second-order valence-electron chi connectivity index (χ2n) is 3.52. The summed E-state index contributed by atoms with van der Waals surface area (Å²) in [5.41, 5.74) is 7.16. The number of hydrogen-bond acceptors (Lipinski definition) is 4. The van der Waals surface area contributed by atoms with Gasteiger partial charge in [-0.25, -0.2) is 9.78 Å². The van der Waals surface area contributed by atoms with E-state index in [4.69, 9.17) is 5.73 Å². The van der Waals surface area contributed by atoms with Gasteiger partial charge in [0.25, 0.3) is 0 Å². The number of thioether (sulfide) groups is 1. The van der Waals surface area contributed by atoms with Crippen molar-refractivity contribution in [3.8, 4) is 0 Å². The first kappa shape index (κ1) is 17.6. The van der Waals surface area contributed by atoms with E-state index in [2.05, 4.69) is 25.6 Å². The zero-order chi connectivity index (χ0) is 13.4. The van der Waals surface area contributed by atoms with E-state index < -0.39 is 6.03 Å². The van der Waals surface area contributed by atoms with Gasteiger partial charge in [0.05, 0.1) is 12.0 Å². The third kappa shape index (κ3) is 6.92. The number of urea groups is 1. The summed E-state index contributed by atoms with van der Waals surface area (Å²) in [7, 11) is 1.58. The van der Waals surface area contributed by atoms with Crippen molar-refractivity contribution in [1.82, 2.24) is 20.6 Å². The molecular weight excluding hydrogens is 288 g/mol. The lowest BCUT2D eigenvalue weighted by Crippen LogP contribution is -2.44. The molecule has 19 heavy (non-hydrogen) atoms. The van der Waals surface area contributed by atoms with Crippen molar-refractivity contribution >= 4 is 36.2 Å². The minimum atomic E-state index is -0.622. The van der Waals surface area contributed by atoms with Crippen LogP contribution in [0.15, 0.2) is 11.3 Å². The van der Waals surface area contributed by atoms with Gasteiger partial charge in [-0.3, -0.25) is 10.3 Å². The van der Waals surface area contributed by atoms with E-state index in [0.29, 0.717) is 12.5 Å². The van der Waals surface area contributed by atoms with E-state index >= 15 is 0 Å². The molecule has 0 fully saturated rings. The van der Waals surface area contributed by atoms with Gasteiger partial charge >= 0.3 is 6.03 Å². The molecule has 0 saturated carbocycles. The average Bonchev–Trinajstić information content (AvgIpc) is 2.72. The molecule has 0 aromatic carbocycles. The second kappa shape index (κ2) is 9.51. The van der Waals surface area contributed by atoms with E-state index in [1.807, 2.05) is 6.92 Å². The summed E-state index contributed by atoms with van der Waals surface area (Å²) < 4.78 is 0. The summed E-state index contributed by atoms with van der Waals surface area (Å²) in [5.74, 6) is 2.13. The maximum absolute atomic E-state index is 10.6. The van der Waals surface area contributed by atoms with Gasteiger partial charge in [0.1, 0.15) is 0 Å². The number of nitrogens with zero attached hydrogens (tertiary/aromatic N) is 2. The lowest BCUT2D eigenvalue weighted by atomic mass is 10.4. The van der Waals surface area contributed by atoms with E-state index in [9.17, 15) is 4.79 Å². The number of guanidine groups is 1. The number of halogens is 1. The zero-order valence-corrected chi connectivity index (χ0v) is 12.5. The highest BCUT2D eigenvalue weighted by atomic mass is 35.5. The number of H-pyrrole nitrogens is 1. The number of amides is 2. The third-order valence-electron chi connectivity index (χ3n) is 2.18. The number of aliphatic imine (C=N–C) groups is 1. The number of carbonyl (C=O) groups is 1. The fourth-order valence-corrected chi connectivity index (χ4v) is 2.11. The standard InChI is InChI=1S/C10H18N6OS.ClH/c1-7-8(15-6-14-7)5-18-4-3-13-10(12-2)16-9(11)17;/h6H,3-5H2,1-2H3,(H,14,15)(H4,11,12,13,16,17);1H.